The van der Waals surface area contributed by atoms with Gasteiger partial charge in [0, 0.05) is 41.7 Å². The lowest BCUT2D eigenvalue weighted by Gasteiger charge is -2.36. The van der Waals surface area contributed by atoms with Crippen LogP contribution in [0.3, 0.4) is 0 Å². The molecule has 1 aliphatic heterocycles. The van der Waals surface area contributed by atoms with Gasteiger partial charge in [0.2, 0.25) is 0 Å². The van der Waals surface area contributed by atoms with E-state index in [0.717, 1.165) is 16.8 Å². The van der Waals surface area contributed by atoms with Crippen LogP contribution in [0.25, 0.3) is 0 Å². The fourth-order valence-corrected chi connectivity index (χ4v) is 4.48. The number of ether oxygens (including phenoxy) is 1. The van der Waals surface area contributed by atoms with Gasteiger partial charge in [-0.05, 0) is 43.4 Å². The first-order chi connectivity index (χ1) is 14.1. The number of ketones is 1. The first kappa shape index (κ1) is 19.2. The van der Waals surface area contributed by atoms with E-state index in [1.54, 1.807) is 19.3 Å². The monoisotopic (exact) mass is 388 g/mol. The lowest BCUT2D eigenvalue weighted by atomic mass is 9.69. The van der Waals surface area contributed by atoms with Gasteiger partial charge >= 0.3 is 5.97 Å². The number of aliphatic imine (C=N–C) groups is 1. The van der Waals surface area contributed by atoms with Crippen molar-refractivity contribution >= 4 is 17.5 Å². The number of nitrogens with zero attached hydrogens (tertiary/aromatic N) is 2. The highest BCUT2D eigenvalue weighted by Crippen LogP contribution is 2.46. The summed E-state index contributed by atoms with van der Waals surface area (Å²) in [5, 5.41) is 0. The first-order valence-electron chi connectivity index (χ1n) is 10.0. The minimum Gasteiger partial charge on any atom is -0.465 e. The van der Waals surface area contributed by atoms with Gasteiger partial charge in [0.25, 0.3) is 0 Å². The molecular weight excluding hydrogens is 364 g/mol. The van der Waals surface area contributed by atoms with Crippen molar-refractivity contribution in [1.29, 1.82) is 0 Å². The second-order valence-corrected chi connectivity index (χ2v) is 7.55. The van der Waals surface area contributed by atoms with Crippen LogP contribution in [0, 0.1) is 5.92 Å². The average Bonchev–Trinajstić information content (AvgIpc) is 2.74. The van der Waals surface area contributed by atoms with Crippen LogP contribution in [0.1, 0.15) is 49.7 Å². The van der Waals surface area contributed by atoms with Gasteiger partial charge in [-0.3, -0.25) is 19.6 Å². The van der Waals surface area contributed by atoms with Gasteiger partial charge in [-0.2, -0.15) is 0 Å². The molecule has 1 aliphatic carbocycles. The third-order valence-electron chi connectivity index (χ3n) is 5.74. The van der Waals surface area contributed by atoms with Crippen LogP contribution < -0.4 is 0 Å². The molecule has 0 radical (unpaired) electrons. The van der Waals surface area contributed by atoms with E-state index in [9.17, 15) is 9.59 Å². The molecular formula is C24H24N2O3. The van der Waals surface area contributed by atoms with Gasteiger partial charge < -0.3 is 4.74 Å². The smallest absolute Gasteiger partial charge is 0.315 e. The van der Waals surface area contributed by atoms with Crippen molar-refractivity contribution in [1.82, 2.24) is 4.98 Å². The van der Waals surface area contributed by atoms with E-state index in [1.165, 1.54) is 0 Å². The summed E-state index contributed by atoms with van der Waals surface area (Å²) in [4.78, 5) is 35.1. The minimum absolute atomic E-state index is 0.0551. The normalized spacial score (nSPS) is 24.0. The average molecular weight is 388 g/mol. The van der Waals surface area contributed by atoms with E-state index >= 15 is 0 Å². The molecule has 0 amide bonds. The van der Waals surface area contributed by atoms with E-state index in [4.69, 9.17) is 9.73 Å². The van der Waals surface area contributed by atoms with Crippen LogP contribution in [-0.2, 0) is 14.3 Å². The Labute approximate surface area is 170 Å². The third-order valence-corrected chi connectivity index (χ3v) is 5.74. The molecule has 1 aromatic heterocycles. The number of allylic oxidation sites excluding steroid dienone is 2. The summed E-state index contributed by atoms with van der Waals surface area (Å²) < 4.78 is 5.33. The highest BCUT2D eigenvalue weighted by atomic mass is 16.5. The van der Waals surface area contributed by atoms with Crippen LogP contribution in [0.5, 0.6) is 0 Å². The molecule has 1 aromatic carbocycles. The van der Waals surface area contributed by atoms with Crippen molar-refractivity contribution in [2.45, 2.75) is 38.5 Å². The maximum atomic E-state index is 13.3. The van der Waals surface area contributed by atoms with Crippen molar-refractivity contribution in [3.8, 4) is 0 Å². The summed E-state index contributed by atoms with van der Waals surface area (Å²) >= 11 is 0. The number of rotatable bonds is 4. The molecule has 5 heteroatoms. The molecule has 0 fully saturated rings. The molecule has 2 heterocycles. The van der Waals surface area contributed by atoms with E-state index in [-0.39, 0.29) is 24.3 Å². The zero-order valence-electron chi connectivity index (χ0n) is 16.7. The van der Waals surface area contributed by atoms with Crippen LogP contribution in [0.15, 0.2) is 71.1 Å². The summed E-state index contributed by atoms with van der Waals surface area (Å²) in [6, 6.07) is 13.8. The van der Waals surface area contributed by atoms with Gasteiger partial charge in [0.1, 0.15) is 5.92 Å². The third kappa shape index (κ3) is 3.65. The Balaban J connectivity index is 1.79. The van der Waals surface area contributed by atoms with E-state index < -0.39 is 11.8 Å². The molecule has 0 spiro atoms. The lowest BCUT2D eigenvalue weighted by molar-refractivity contribution is -0.146. The second-order valence-electron chi connectivity index (χ2n) is 7.55. The summed E-state index contributed by atoms with van der Waals surface area (Å²) in [6.45, 7) is 3.93. The molecule has 4 rings (SSSR count). The Morgan fingerprint density at radius 1 is 1.10 bits per heavy atom. The topological polar surface area (TPSA) is 68.6 Å². The Kier molecular flexibility index (Phi) is 5.38. The zero-order valence-corrected chi connectivity index (χ0v) is 16.7. The molecule has 0 bridgehead atoms. The second kappa shape index (κ2) is 8.11. The molecule has 0 saturated heterocycles. The molecule has 2 aromatic rings. The Hall–Kier alpha value is -3.08. The fourth-order valence-electron chi connectivity index (χ4n) is 4.48. The van der Waals surface area contributed by atoms with Crippen molar-refractivity contribution in [3.05, 3.63) is 77.3 Å². The number of aromatic nitrogens is 1. The standard InChI is InChI=1S/C24H24N2O3/c1-3-29-24(28)21-15(2)26-19-12-18(16-8-5-4-6-9-16)13-20(27)23(19)22(21)17-10-7-11-25-14-17/h4-11,14,18,21-22H,3,12-13H2,1-2H3/t18-,21?,22-/m0/s1. The van der Waals surface area contributed by atoms with Crippen molar-refractivity contribution in [3.63, 3.8) is 0 Å². The number of hydrogen-bond donors (Lipinski definition) is 0. The molecule has 0 saturated carbocycles. The summed E-state index contributed by atoms with van der Waals surface area (Å²) in [6.07, 6.45) is 4.53. The molecule has 3 atom stereocenters. The quantitative estimate of drug-likeness (QED) is 0.736. The molecule has 148 valence electrons. The predicted molar refractivity (Wildman–Crippen MR) is 111 cm³/mol. The van der Waals surface area contributed by atoms with Gasteiger partial charge in [-0.25, -0.2) is 0 Å². The fraction of sp³-hybridized carbons (Fsp3) is 0.333. The summed E-state index contributed by atoms with van der Waals surface area (Å²) in [5.41, 5.74) is 4.12. The molecule has 1 unspecified atom stereocenters. The highest BCUT2D eigenvalue weighted by molar-refractivity contribution is 6.09. The van der Waals surface area contributed by atoms with E-state index in [0.29, 0.717) is 24.1 Å². The van der Waals surface area contributed by atoms with Gasteiger partial charge in [-0.15, -0.1) is 0 Å². The van der Waals surface area contributed by atoms with Gasteiger partial charge in [0.05, 0.1) is 6.61 Å². The number of benzene rings is 1. The maximum Gasteiger partial charge on any atom is 0.315 e. The van der Waals surface area contributed by atoms with Crippen LogP contribution in [0.4, 0.5) is 0 Å². The first-order valence-corrected chi connectivity index (χ1v) is 10.0. The van der Waals surface area contributed by atoms with Crippen LogP contribution in [0.2, 0.25) is 0 Å². The van der Waals surface area contributed by atoms with Crippen molar-refractivity contribution in [2.24, 2.45) is 10.9 Å². The summed E-state index contributed by atoms with van der Waals surface area (Å²) in [5.74, 6) is -1.19. The van der Waals surface area contributed by atoms with Gasteiger partial charge in [-0.1, -0.05) is 36.4 Å². The van der Waals surface area contributed by atoms with E-state index in [2.05, 4.69) is 17.1 Å². The van der Waals surface area contributed by atoms with Crippen LogP contribution >= 0.6 is 0 Å². The molecule has 0 N–H and O–H groups in total. The zero-order chi connectivity index (χ0) is 20.4. The number of hydrogen-bond acceptors (Lipinski definition) is 5. The molecule has 5 nitrogen and oxygen atoms in total. The number of pyridine rings is 1. The number of carbonyl (C=O) groups excluding carboxylic acids is 2. The number of Topliss-reactive ketones (excluding diaryl/α,β-unsaturated/α-hetero) is 1. The Morgan fingerprint density at radius 2 is 1.86 bits per heavy atom. The predicted octanol–water partition coefficient (Wildman–Crippen LogP) is 4.22. The van der Waals surface area contributed by atoms with Gasteiger partial charge in [0.15, 0.2) is 5.78 Å². The van der Waals surface area contributed by atoms with Crippen molar-refractivity contribution in [2.75, 3.05) is 6.61 Å². The number of esters is 1. The lowest BCUT2D eigenvalue weighted by Crippen LogP contribution is -2.38. The van der Waals surface area contributed by atoms with E-state index in [1.807, 2.05) is 37.3 Å². The summed E-state index contributed by atoms with van der Waals surface area (Å²) in [7, 11) is 0. The van der Waals surface area contributed by atoms with Crippen LogP contribution in [-0.4, -0.2) is 29.1 Å². The largest absolute Gasteiger partial charge is 0.465 e. The SMILES string of the molecule is CCOC(=O)C1C(C)=NC2=C(C(=O)C[C@@H](c3ccccc3)C2)[C@H]1c1cccnc1. The minimum atomic E-state index is -0.602. The Bertz CT molecular complexity index is 980. The Morgan fingerprint density at radius 3 is 2.55 bits per heavy atom. The van der Waals surface area contributed by atoms with Crippen molar-refractivity contribution < 1.29 is 14.3 Å². The number of carbonyl (C=O) groups is 2. The molecule has 29 heavy (non-hydrogen) atoms. The maximum absolute atomic E-state index is 13.3. The molecule has 2 aliphatic rings. The highest BCUT2D eigenvalue weighted by Gasteiger charge is 2.44.